The highest BCUT2D eigenvalue weighted by Crippen LogP contribution is 2.14. The predicted octanol–water partition coefficient (Wildman–Crippen LogP) is 1.81. The Hall–Kier alpha value is -2.36. The number of anilines is 1. The topological polar surface area (TPSA) is 96.0 Å². The van der Waals surface area contributed by atoms with E-state index < -0.39 is 10.0 Å². The average Bonchev–Trinajstić information content (AvgIpc) is 2.47. The van der Waals surface area contributed by atoms with Crippen LogP contribution >= 0.6 is 0 Å². The molecule has 0 aliphatic heterocycles. The number of nitrogen functional groups attached to an aromatic ring is 1. The lowest BCUT2D eigenvalue weighted by molar-refractivity contribution is 0.581. The molecule has 0 aliphatic rings. The molecule has 0 spiro atoms. The van der Waals surface area contributed by atoms with Crippen molar-refractivity contribution < 1.29 is 8.42 Å². The predicted molar refractivity (Wildman–Crippen MR) is 80.6 cm³/mol. The van der Waals surface area contributed by atoms with Crippen molar-refractivity contribution >= 4 is 15.7 Å². The Labute approximate surface area is 124 Å². The van der Waals surface area contributed by atoms with Gasteiger partial charge in [-0.25, -0.2) is 13.1 Å². The van der Waals surface area contributed by atoms with Crippen LogP contribution in [-0.4, -0.2) is 8.42 Å². The van der Waals surface area contributed by atoms with Crippen molar-refractivity contribution in [3.05, 3.63) is 59.7 Å². The van der Waals surface area contributed by atoms with Gasteiger partial charge in [-0.1, -0.05) is 30.3 Å². The highest BCUT2D eigenvalue weighted by atomic mass is 32.2. The Balaban J connectivity index is 2.12. The van der Waals surface area contributed by atoms with Gasteiger partial charge in [-0.15, -0.1) is 0 Å². The van der Waals surface area contributed by atoms with Crippen LogP contribution in [-0.2, 0) is 23.0 Å². The maximum atomic E-state index is 12.2. The van der Waals surface area contributed by atoms with Crippen LogP contribution in [0.5, 0.6) is 0 Å². The third kappa shape index (κ3) is 3.81. The van der Waals surface area contributed by atoms with Crippen molar-refractivity contribution in [3.63, 3.8) is 0 Å². The number of nitrogens with two attached hydrogens (primary N) is 1. The van der Waals surface area contributed by atoms with Gasteiger partial charge >= 0.3 is 0 Å². The molecule has 5 nitrogen and oxygen atoms in total. The molecule has 108 valence electrons. The first-order valence-electron chi connectivity index (χ1n) is 6.32. The molecule has 6 heteroatoms. The first kappa shape index (κ1) is 15.0. The van der Waals surface area contributed by atoms with Crippen LogP contribution in [0.2, 0.25) is 0 Å². The van der Waals surface area contributed by atoms with Crippen LogP contribution in [0.1, 0.15) is 11.1 Å². The smallest absolute Gasteiger partial charge is 0.240 e. The van der Waals surface area contributed by atoms with E-state index in [-0.39, 0.29) is 17.9 Å². The Bertz CT molecular complexity index is 762. The average molecular weight is 301 g/mol. The molecule has 0 unspecified atom stereocenters. The zero-order valence-corrected chi connectivity index (χ0v) is 12.1. The summed E-state index contributed by atoms with van der Waals surface area (Å²) in [6.07, 6.45) is 0.258. The fourth-order valence-corrected chi connectivity index (χ4v) is 2.84. The van der Waals surface area contributed by atoms with Gasteiger partial charge in [-0.2, -0.15) is 5.26 Å². The molecular weight excluding hydrogens is 286 g/mol. The number of nitrogens with zero attached hydrogens (tertiary/aromatic N) is 1. The molecule has 0 fully saturated rings. The zero-order valence-electron chi connectivity index (χ0n) is 11.3. The lowest BCUT2D eigenvalue weighted by atomic mass is 10.2. The van der Waals surface area contributed by atoms with Gasteiger partial charge in [0.2, 0.25) is 10.0 Å². The van der Waals surface area contributed by atoms with Crippen LogP contribution in [0.4, 0.5) is 5.69 Å². The maximum absolute atomic E-state index is 12.2. The van der Waals surface area contributed by atoms with Gasteiger partial charge in [0, 0.05) is 12.2 Å². The molecule has 0 heterocycles. The second-order valence-electron chi connectivity index (χ2n) is 4.50. The van der Waals surface area contributed by atoms with Crippen molar-refractivity contribution in [2.24, 2.45) is 0 Å². The van der Waals surface area contributed by atoms with Gasteiger partial charge < -0.3 is 5.73 Å². The molecule has 0 aromatic heterocycles. The number of para-hydroxylation sites is 1. The van der Waals surface area contributed by atoms with Gasteiger partial charge in [0.05, 0.1) is 17.4 Å². The van der Waals surface area contributed by atoms with E-state index in [1.807, 2.05) is 6.07 Å². The fourth-order valence-electron chi connectivity index (χ4n) is 1.83. The Kier molecular flexibility index (Phi) is 4.58. The number of hydrogen-bond acceptors (Lipinski definition) is 4. The summed E-state index contributed by atoms with van der Waals surface area (Å²) in [7, 11) is -3.60. The number of rotatable bonds is 5. The van der Waals surface area contributed by atoms with Gasteiger partial charge in [-0.3, -0.25) is 0 Å². The second-order valence-corrected chi connectivity index (χ2v) is 6.27. The summed E-state index contributed by atoms with van der Waals surface area (Å²) in [5.41, 5.74) is 7.83. The van der Waals surface area contributed by atoms with E-state index in [1.54, 1.807) is 36.4 Å². The standard InChI is InChI=1S/C15H15N3O2S/c16-10-9-12-5-7-14(8-6-12)21(19,20)18-11-13-3-1-2-4-15(13)17/h1-8,18H,9,11,17H2. The van der Waals surface area contributed by atoms with Crippen LogP contribution in [0, 0.1) is 11.3 Å². The van der Waals surface area contributed by atoms with Crippen molar-refractivity contribution in [1.29, 1.82) is 5.26 Å². The van der Waals surface area contributed by atoms with Gasteiger partial charge in [0.15, 0.2) is 0 Å². The normalized spacial score (nSPS) is 11.0. The molecular formula is C15H15N3O2S. The molecule has 0 aliphatic carbocycles. The first-order valence-corrected chi connectivity index (χ1v) is 7.80. The monoisotopic (exact) mass is 301 g/mol. The summed E-state index contributed by atoms with van der Waals surface area (Å²) in [5, 5.41) is 8.59. The summed E-state index contributed by atoms with van der Waals surface area (Å²) in [5.74, 6) is 0. The van der Waals surface area contributed by atoms with Crippen molar-refractivity contribution in [2.45, 2.75) is 17.9 Å². The third-order valence-electron chi connectivity index (χ3n) is 3.02. The highest BCUT2D eigenvalue weighted by Gasteiger charge is 2.13. The lowest BCUT2D eigenvalue weighted by Gasteiger charge is -2.09. The van der Waals surface area contributed by atoms with E-state index in [9.17, 15) is 8.42 Å². The first-order chi connectivity index (χ1) is 10.0. The number of nitrogens with one attached hydrogen (secondary N) is 1. The Morgan fingerprint density at radius 3 is 2.38 bits per heavy atom. The number of nitriles is 1. The molecule has 21 heavy (non-hydrogen) atoms. The molecule has 3 N–H and O–H groups in total. The molecule has 2 rings (SSSR count). The molecule has 0 bridgehead atoms. The van der Waals surface area contributed by atoms with Gasteiger partial charge in [0.25, 0.3) is 0 Å². The van der Waals surface area contributed by atoms with Gasteiger partial charge in [-0.05, 0) is 29.3 Å². The zero-order chi connectivity index (χ0) is 15.3. The molecule has 0 amide bonds. The summed E-state index contributed by atoms with van der Waals surface area (Å²) in [6, 6.07) is 15.4. The summed E-state index contributed by atoms with van der Waals surface area (Å²) in [4.78, 5) is 0.165. The Morgan fingerprint density at radius 2 is 1.76 bits per heavy atom. The summed E-state index contributed by atoms with van der Waals surface area (Å²) < 4.78 is 26.8. The molecule has 0 atom stereocenters. The van der Waals surface area contributed by atoms with E-state index in [0.717, 1.165) is 11.1 Å². The molecule has 2 aromatic carbocycles. The lowest BCUT2D eigenvalue weighted by Crippen LogP contribution is -2.23. The molecule has 0 radical (unpaired) electrons. The van der Waals surface area contributed by atoms with Gasteiger partial charge in [0.1, 0.15) is 0 Å². The summed E-state index contributed by atoms with van der Waals surface area (Å²) in [6.45, 7) is 0.134. The molecule has 0 saturated heterocycles. The Morgan fingerprint density at radius 1 is 1.10 bits per heavy atom. The van der Waals surface area contributed by atoms with E-state index >= 15 is 0 Å². The number of hydrogen-bond donors (Lipinski definition) is 2. The van der Waals surface area contributed by atoms with Crippen LogP contribution in [0.3, 0.4) is 0 Å². The van der Waals surface area contributed by atoms with E-state index in [4.69, 9.17) is 11.0 Å². The van der Waals surface area contributed by atoms with E-state index in [0.29, 0.717) is 5.69 Å². The van der Waals surface area contributed by atoms with Crippen LogP contribution in [0.25, 0.3) is 0 Å². The number of benzene rings is 2. The fraction of sp³-hybridized carbons (Fsp3) is 0.133. The van der Waals surface area contributed by atoms with E-state index in [2.05, 4.69) is 4.72 Å². The van der Waals surface area contributed by atoms with Crippen molar-refractivity contribution in [3.8, 4) is 6.07 Å². The SMILES string of the molecule is N#CCc1ccc(S(=O)(=O)NCc2ccccc2N)cc1. The minimum atomic E-state index is -3.60. The largest absolute Gasteiger partial charge is 0.398 e. The highest BCUT2D eigenvalue weighted by molar-refractivity contribution is 7.89. The molecule has 0 saturated carbocycles. The van der Waals surface area contributed by atoms with Crippen LogP contribution in [0.15, 0.2) is 53.4 Å². The maximum Gasteiger partial charge on any atom is 0.240 e. The van der Waals surface area contributed by atoms with Crippen molar-refractivity contribution in [1.82, 2.24) is 4.72 Å². The van der Waals surface area contributed by atoms with Crippen LogP contribution < -0.4 is 10.5 Å². The third-order valence-corrected chi connectivity index (χ3v) is 4.44. The minimum Gasteiger partial charge on any atom is -0.398 e. The van der Waals surface area contributed by atoms with E-state index in [1.165, 1.54) is 12.1 Å². The minimum absolute atomic E-state index is 0.134. The van der Waals surface area contributed by atoms with Crippen molar-refractivity contribution in [2.75, 3.05) is 5.73 Å². The second kappa shape index (κ2) is 6.39. The summed E-state index contributed by atoms with van der Waals surface area (Å²) >= 11 is 0. The number of sulfonamides is 1. The quantitative estimate of drug-likeness (QED) is 0.823. The molecule has 2 aromatic rings.